The number of hydrogen-bond acceptors (Lipinski definition) is 3. The lowest BCUT2D eigenvalue weighted by Crippen LogP contribution is -2.30. The van der Waals surface area contributed by atoms with Gasteiger partial charge in [0, 0.05) is 19.1 Å². The van der Waals surface area contributed by atoms with Gasteiger partial charge in [0.15, 0.2) is 0 Å². The molecule has 1 unspecified atom stereocenters. The molecule has 0 aromatic heterocycles. The molecule has 0 amide bonds. The van der Waals surface area contributed by atoms with E-state index in [1.807, 2.05) is 0 Å². The van der Waals surface area contributed by atoms with Crippen LogP contribution in [-0.2, 0) is 13.0 Å². The van der Waals surface area contributed by atoms with Crippen LogP contribution in [0.3, 0.4) is 0 Å². The largest absolute Gasteiger partial charge is 0.490 e. The Bertz CT molecular complexity index is 612. The summed E-state index contributed by atoms with van der Waals surface area (Å²) in [7, 11) is 2.19. The molecule has 0 saturated heterocycles. The summed E-state index contributed by atoms with van der Waals surface area (Å²) in [5, 5.41) is 3.41. The molecule has 2 aromatic carbocycles. The fraction of sp³-hybridized carbons (Fsp3) is 0.368. The fourth-order valence-electron chi connectivity index (χ4n) is 2.84. The SMILES string of the molecule is CC(Cc1ccc2c(c1)NCCO2)N(C)Cc1ccccc1. The van der Waals surface area contributed by atoms with Crippen LogP contribution in [0.15, 0.2) is 48.5 Å². The van der Waals surface area contributed by atoms with Crippen molar-refractivity contribution in [3.63, 3.8) is 0 Å². The molecular weight excluding hydrogens is 272 g/mol. The first-order valence-corrected chi connectivity index (χ1v) is 7.96. The number of ether oxygens (including phenoxy) is 1. The number of nitrogens with one attached hydrogen (secondary N) is 1. The second kappa shape index (κ2) is 6.84. The number of anilines is 1. The maximum absolute atomic E-state index is 5.64. The Morgan fingerprint density at radius 3 is 2.77 bits per heavy atom. The van der Waals surface area contributed by atoms with Crippen molar-refractivity contribution >= 4 is 5.69 Å². The van der Waals surface area contributed by atoms with Gasteiger partial charge in [0.05, 0.1) is 5.69 Å². The molecule has 1 heterocycles. The van der Waals surface area contributed by atoms with Gasteiger partial charge in [-0.3, -0.25) is 4.90 Å². The molecule has 1 N–H and O–H groups in total. The zero-order valence-corrected chi connectivity index (χ0v) is 13.4. The van der Waals surface area contributed by atoms with Crippen LogP contribution in [0.5, 0.6) is 5.75 Å². The van der Waals surface area contributed by atoms with E-state index in [1.165, 1.54) is 11.1 Å². The van der Waals surface area contributed by atoms with Crippen molar-refractivity contribution in [1.82, 2.24) is 4.90 Å². The van der Waals surface area contributed by atoms with Gasteiger partial charge in [0.1, 0.15) is 12.4 Å². The van der Waals surface area contributed by atoms with Gasteiger partial charge in [-0.25, -0.2) is 0 Å². The van der Waals surface area contributed by atoms with Gasteiger partial charge >= 0.3 is 0 Å². The van der Waals surface area contributed by atoms with E-state index in [0.29, 0.717) is 6.04 Å². The van der Waals surface area contributed by atoms with Gasteiger partial charge in [-0.05, 0) is 43.7 Å². The van der Waals surface area contributed by atoms with Crippen LogP contribution >= 0.6 is 0 Å². The lowest BCUT2D eigenvalue weighted by molar-refractivity contribution is 0.248. The highest BCUT2D eigenvalue weighted by molar-refractivity contribution is 5.59. The topological polar surface area (TPSA) is 24.5 Å². The number of nitrogens with zero attached hydrogens (tertiary/aromatic N) is 1. The summed E-state index contributed by atoms with van der Waals surface area (Å²) in [5.41, 5.74) is 3.84. The molecule has 3 nitrogen and oxygen atoms in total. The molecule has 2 aromatic rings. The van der Waals surface area contributed by atoms with Crippen molar-refractivity contribution in [1.29, 1.82) is 0 Å². The molecule has 3 heteroatoms. The lowest BCUT2D eigenvalue weighted by atomic mass is 10.0. The van der Waals surface area contributed by atoms with E-state index in [1.54, 1.807) is 0 Å². The van der Waals surface area contributed by atoms with E-state index >= 15 is 0 Å². The fourth-order valence-corrected chi connectivity index (χ4v) is 2.84. The smallest absolute Gasteiger partial charge is 0.142 e. The zero-order valence-electron chi connectivity index (χ0n) is 13.4. The third-order valence-electron chi connectivity index (χ3n) is 4.28. The standard InChI is InChI=1S/C19H24N2O/c1-15(21(2)14-16-6-4-3-5-7-16)12-17-8-9-19-18(13-17)20-10-11-22-19/h3-9,13,15,20H,10-12,14H2,1-2H3. The number of fused-ring (bicyclic) bond motifs is 1. The Kier molecular flexibility index (Phi) is 4.64. The second-order valence-corrected chi connectivity index (χ2v) is 6.06. The first kappa shape index (κ1) is 14.9. The van der Waals surface area contributed by atoms with E-state index < -0.39 is 0 Å². The third kappa shape index (κ3) is 3.60. The van der Waals surface area contributed by atoms with Crippen molar-refractivity contribution in [2.45, 2.75) is 25.9 Å². The van der Waals surface area contributed by atoms with Crippen LogP contribution in [0, 0.1) is 0 Å². The molecule has 1 atom stereocenters. The van der Waals surface area contributed by atoms with Crippen LogP contribution < -0.4 is 10.1 Å². The van der Waals surface area contributed by atoms with Crippen molar-refractivity contribution in [3.8, 4) is 5.75 Å². The molecule has 22 heavy (non-hydrogen) atoms. The maximum atomic E-state index is 5.64. The quantitative estimate of drug-likeness (QED) is 0.913. The minimum Gasteiger partial charge on any atom is -0.490 e. The molecule has 1 aliphatic rings. The van der Waals surface area contributed by atoms with Crippen molar-refractivity contribution in [2.24, 2.45) is 0 Å². The van der Waals surface area contributed by atoms with Gasteiger partial charge in [-0.15, -0.1) is 0 Å². The summed E-state index contributed by atoms with van der Waals surface area (Å²) in [6.45, 7) is 4.91. The molecule has 0 aliphatic carbocycles. The average Bonchev–Trinajstić information content (AvgIpc) is 2.55. The average molecular weight is 296 g/mol. The lowest BCUT2D eigenvalue weighted by Gasteiger charge is -2.26. The normalized spacial score (nSPS) is 14.9. The highest BCUT2D eigenvalue weighted by Crippen LogP contribution is 2.28. The van der Waals surface area contributed by atoms with E-state index in [-0.39, 0.29) is 0 Å². The van der Waals surface area contributed by atoms with Gasteiger partial charge < -0.3 is 10.1 Å². The molecule has 116 valence electrons. The molecule has 0 bridgehead atoms. The molecule has 0 spiro atoms. The first-order chi connectivity index (χ1) is 10.7. The predicted molar refractivity (Wildman–Crippen MR) is 91.5 cm³/mol. The van der Waals surface area contributed by atoms with E-state index in [0.717, 1.165) is 37.6 Å². The van der Waals surface area contributed by atoms with Crippen molar-refractivity contribution in [3.05, 3.63) is 59.7 Å². The second-order valence-electron chi connectivity index (χ2n) is 6.06. The molecule has 3 rings (SSSR count). The Hall–Kier alpha value is -2.00. The molecule has 1 aliphatic heterocycles. The van der Waals surface area contributed by atoms with Crippen molar-refractivity contribution in [2.75, 3.05) is 25.5 Å². The van der Waals surface area contributed by atoms with Crippen molar-refractivity contribution < 1.29 is 4.74 Å². The van der Waals surface area contributed by atoms with Crippen LogP contribution in [0.4, 0.5) is 5.69 Å². The summed E-state index contributed by atoms with van der Waals surface area (Å²) in [6.07, 6.45) is 1.04. The number of benzene rings is 2. The molecule has 0 radical (unpaired) electrons. The van der Waals surface area contributed by atoms with Crippen LogP contribution in [0.2, 0.25) is 0 Å². The third-order valence-corrected chi connectivity index (χ3v) is 4.28. The van der Waals surface area contributed by atoms with Gasteiger partial charge in [0.25, 0.3) is 0 Å². The van der Waals surface area contributed by atoms with Crippen LogP contribution in [0.25, 0.3) is 0 Å². The Morgan fingerprint density at radius 1 is 1.14 bits per heavy atom. The number of likely N-dealkylation sites (N-methyl/N-ethyl adjacent to an activating group) is 1. The Balaban J connectivity index is 1.62. The Labute approximate surface area is 132 Å². The number of hydrogen-bond donors (Lipinski definition) is 1. The minimum absolute atomic E-state index is 0.489. The van der Waals surface area contributed by atoms with Gasteiger partial charge in [-0.2, -0.15) is 0 Å². The summed E-state index contributed by atoms with van der Waals surface area (Å²) >= 11 is 0. The monoisotopic (exact) mass is 296 g/mol. The highest BCUT2D eigenvalue weighted by Gasteiger charge is 2.14. The zero-order chi connectivity index (χ0) is 15.4. The molecule has 0 saturated carbocycles. The predicted octanol–water partition coefficient (Wildman–Crippen LogP) is 3.55. The number of rotatable bonds is 5. The summed E-state index contributed by atoms with van der Waals surface area (Å²) in [5.74, 6) is 0.972. The summed E-state index contributed by atoms with van der Waals surface area (Å²) in [4.78, 5) is 2.40. The molecular formula is C19H24N2O. The van der Waals surface area contributed by atoms with E-state index in [4.69, 9.17) is 4.74 Å². The van der Waals surface area contributed by atoms with Crippen LogP contribution in [-0.4, -0.2) is 31.1 Å². The first-order valence-electron chi connectivity index (χ1n) is 7.96. The van der Waals surface area contributed by atoms with Crippen LogP contribution in [0.1, 0.15) is 18.1 Å². The van der Waals surface area contributed by atoms with E-state index in [2.05, 4.69) is 72.7 Å². The van der Waals surface area contributed by atoms with Gasteiger partial charge in [-0.1, -0.05) is 36.4 Å². The molecule has 0 fully saturated rings. The maximum Gasteiger partial charge on any atom is 0.142 e. The highest BCUT2D eigenvalue weighted by atomic mass is 16.5. The Morgan fingerprint density at radius 2 is 1.95 bits per heavy atom. The van der Waals surface area contributed by atoms with Gasteiger partial charge in [0.2, 0.25) is 0 Å². The van der Waals surface area contributed by atoms with E-state index in [9.17, 15) is 0 Å². The summed E-state index contributed by atoms with van der Waals surface area (Å²) < 4.78 is 5.64. The minimum atomic E-state index is 0.489. The summed E-state index contributed by atoms with van der Waals surface area (Å²) in [6, 6.07) is 17.6.